The minimum Gasteiger partial charge on any atom is -0.378 e. The van der Waals surface area contributed by atoms with Crippen molar-refractivity contribution in [2.45, 2.75) is 19.6 Å². The maximum absolute atomic E-state index is 5.18. The van der Waals surface area contributed by atoms with Crippen LogP contribution in [0.3, 0.4) is 0 Å². The Kier molecular flexibility index (Phi) is 4.81. The van der Waals surface area contributed by atoms with E-state index in [-0.39, 0.29) is 0 Å². The fraction of sp³-hybridized carbons (Fsp3) is 0.385. The zero-order chi connectivity index (χ0) is 12.8. The smallest absolute Gasteiger partial charge is 0.0977 e. The van der Waals surface area contributed by atoms with Crippen molar-refractivity contribution in [3.63, 3.8) is 0 Å². The largest absolute Gasteiger partial charge is 0.378 e. The Hall–Kier alpha value is -1.30. The molecule has 0 spiro atoms. The lowest BCUT2D eigenvalue weighted by Crippen LogP contribution is -2.06. The first kappa shape index (κ1) is 13.1. The summed E-state index contributed by atoms with van der Waals surface area (Å²) in [5.41, 5.74) is 2.22. The van der Waals surface area contributed by atoms with Gasteiger partial charge in [-0.1, -0.05) is 6.07 Å². The Labute approximate surface area is 111 Å². The van der Waals surface area contributed by atoms with E-state index in [0.29, 0.717) is 6.61 Å². The number of aromatic nitrogens is 2. The van der Waals surface area contributed by atoms with Crippen molar-refractivity contribution in [1.82, 2.24) is 15.3 Å². The minimum atomic E-state index is 0.570. The van der Waals surface area contributed by atoms with Crippen LogP contribution in [-0.2, 0) is 24.3 Å². The Morgan fingerprint density at radius 3 is 3.00 bits per heavy atom. The van der Waals surface area contributed by atoms with E-state index in [1.54, 1.807) is 24.6 Å². The second-order valence-electron chi connectivity index (χ2n) is 3.98. The van der Waals surface area contributed by atoms with Crippen molar-refractivity contribution in [3.8, 4) is 0 Å². The predicted octanol–water partition coefficient (Wildman–Crippen LogP) is 1.99. The molecule has 0 bridgehead atoms. The Balaban J connectivity index is 2.15. The normalized spacial score (nSPS) is 10.8. The summed E-state index contributed by atoms with van der Waals surface area (Å²) in [5, 5.41) is 4.27. The van der Waals surface area contributed by atoms with Gasteiger partial charge in [-0.3, -0.25) is 4.98 Å². The van der Waals surface area contributed by atoms with Crippen LogP contribution in [0.25, 0.3) is 0 Å². The highest BCUT2D eigenvalue weighted by Gasteiger charge is 2.10. The Morgan fingerprint density at radius 1 is 1.44 bits per heavy atom. The Bertz CT molecular complexity index is 461. The number of ether oxygens (including phenoxy) is 1. The molecule has 96 valence electrons. The van der Waals surface area contributed by atoms with Crippen LogP contribution in [0.5, 0.6) is 0 Å². The highest BCUT2D eigenvalue weighted by atomic mass is 32.1. The number of hydrogen-bond acceptors (Lipinski definition) is 5. The topological polar surface area (TPSA) is 47.0 Å². The molecule has 5 heteroatoms. The first-order chi connectivity index (χ1) is 8.83. The van der Waals surface area contributed by atoms with E-state index < -0.39 is 0 Å². The lowest BCUT2D eigenvalue weighted by atomic mass is 10.2. The van der Waals surface area contributed by atoms with Gasteiger partial charge in [0.1, 0.15) is 0 Å². The summed E-state index contributed by atoms with van der Waals surface area (Å²) in [5.74, 6) is 0. The third kappa shape index (κ3) is 3.35. The van der Waals surface area contributed by atoms with E-state index in [9.17, 15) is 0 Å². The summed E-state index contributed by atoms with van der Waals surface area (Å²) < 4.78 is 5.18. The quantitative estimate of drug-likeness (QED) is 0.866. The minimum absolute atomic E-state index is 0.570. The molecule has 2 heterocycles. The fourth-order valence-electron chi connectivity index (χ4n) is 1.74. The average molecular weight is 263 g/mol. The van der Waals surface area contributed by atoms with Gasteiger partial charge in [0.15, 0.2) is 0 Å². The number of rotatable bonds is 6. The van der Waals surface area contributed by atoms with E-state index in [0.717, 1.165) is 23.7 Å². The van der Waals surface area contributed by atoms with Gasteiger partial charge in [-0.2, -0.15) is 0 Å². The van der Waals surface area contributed by atoms with Gasteiger partial charge in [0.25, 0.3) is 0 Å². The zero-order valence-electron chi connectivity index (χ0n) is 10.6. The van der Waals surface area contributed by atoms with Crippen LogP contribution in [0.4, 0.5) is 0 Å². The standard InChI is InChI=1S/C13H17N3OS/c1-14-8-12-11(9-17-2)16-13(18-12)6-10-4-3-5-15-7-10/h3-5,7,14H,6,8-9H2,1-2H3. The molecule has 0 fully saturated rings. The van der Waals surface area contributed by atoms with Crippen LogP contribution in [0.2, 0.25) is 0 Å². The number of methoxy groups -OCH3 is 1. The summed E-state index contributed by atoms with van der Waals surface area (Å²) in [4.78, 5) is 10.0. The van der Waals surface area contributed by atoms with Crippen molar-refractivity contribution in [2.24, 2.45) is 0 Å². The number of hydrogen-bond donors (Lipinski definition) is 1. The highest BCUT2D eigenvalue weighted by molar-refractivity contribution is 7.11. The van der Waals surface area contributed by atoms with Crippen LogP contribution >= 0.6 is 11.3 Å². The van der Waals surface area contributed by atoms with Crippen LogP contribution in [0.1, 0.15) is 21.1 Å². The molecule has 0 unspecified atom stereocenters. The van der Waals surface area contributed by atoms with Crippen LogP contribution in [0.15, 0.2) is 24.5 Å². The van der Waals surface area contributed by atoms with E-state index in [4.69, 9.17) is 4.74 Å². The molecule has 2 aromatic rings. The van der Waals surface area contributed by atoms with E-state index in [1.165, 1.54) is 10.4 Å². The molecule has 0 saturated heterocycles. The molecule has 0 radical (unpaired) electrons. The second-order valence-corrected chi connectivity index (χ2v) is 5.15. The van der Waals surface area contributed by atoms with E-state index >= 15 is 0 Å². The number of thiazole rings is 1. The highest BCUT2D eigenvalue weighted by Crippen LogP contribution is 2.21. The summed E-state index contributed by atoms with van der Waals surface area (Å²) in [6.07, 6.45) is 4.50. The first-order valence-electron chi connectivity index (χ1n) is 5.83. The molecular weight excluding hydrogens is 246 g/mol. The maximum atomic E-state index is 5.18. The molecule has 0 amide bonds. The molecule has 0 aliphatic heterocycles. The lowest BCUT2D eigenvalue weighted by molar-refractivity contribution is 0.181. The Morgan fingerprint density at radius 2 is 2.33 bits per heavy atom. The van der Waals surface area contributed by atoms with Crippen molar-refractivity contribution >= 4 is 11.3 Å². The molecule has 0 atom stereocenters. The van der Waals surface area contributed by atoms with Crippen molar-refractivity contribution in [2.75, 3.05) is 14.2 Å². The van der Waals surface area contributed by atoms with Crippen LogP contribution in [0, 0.1) is 0 Å². The number of pyridine rings is 1. The van der Waals surface area contributed by atoms with Crippen LogP contribution in [-0.4, -0.2) is 24.1 Å². The van der Waals surface area contributed by atoms with Gasteiger partial charge >= 0.3 is 0 Å². The fourth-order valence-corrected chi connectivity index (χ4v) is 2.86. The average Bonchev–Trinajstić information content (AvgIpc) is 2.74. The summed E-state index contributed by atoms with van der Waals surface area (Å²) in [7, 11) is 3.64. The summed E-state index contributed by atoms with van der Waals surface area (Å²) >= 11 is 1.74. The monoisotopic (exact) mass is 263 g/mol. The summed E-state index contributed by atoms with van der Waals surface area (Å²) in [6, 6.07) is 4.02. The molecule has 0 aliphatic carbocycles. The van der Waals surface area contributed by atoms with E-state index in [1.807, 2.05) is 19.3 Å². The molecule has 2 rings (SSSR count). The second kappa shape index (κ2) is 6.58. The van der Waals surface area contributed by atoms with Gasteiger partial charge in [-0.05, 0) is 18.7 Å². The van der Waals surface area contributed by atoms with Crippen molar-refractivity contribution in [3.05, 3.63) is 45.7 Å². The molecular formula is C13H17N3OS. The van der Waals surface area contributed by atoms with Crippen molar-refractivity contribution < 1.29 is 4.74 Å². The number of nitrogens with zero attached hydrogens (tertiary/aromatic N) is 2. The maximum Gasteiger partial charge on any atom is 0.0977 e. The molecule has 1 N–H and O–H groups in total. The summed E-state index contributed by atoms with van der Waals surface area (Å²) in [6.45, 7) is 1.41. The lowest BCUT2D eigenvalue weighted by Gasteiger charge is -1.98. The van der Waals surface area contributed by atoms with Crippen molar-refractivity contribution in [1.29, 1.82) is 0 Å². The van der Waals surface area contributed by atoms with Gasteiger partial charge in [0.2, 0.25) is 0 Å². The van der Waals surface area contributed by atoms with Gasteiger partial charge in [-0.25, -0.2) is 4.98 Å². The van der Waals surface area contributed by atoms with E-state index in [2.05, 4.69) is 21.4 Å². The van der Waals surface area contributed by atoms with Gasteiger partial charge in [-0.15, -0.1) is 11.3 Å². The SMILES string of the molecule is CNCc1sc(Cc2cccnc2)nc1COC. The molecule has 18 heavy (non-hydrogen) atoms. The third-order valence-corrected chi connectivity index (χ3v) is 3.62. The van der Waals surface area contributed by atoms with Gasteiger partial charge in [0, 0.05) is 37.3 Å². The van der Waals surface area contributed by atoms with Gasteiger partial charge < -0.3 is 10.1 Å². The zero-order valence-corrected chi connectivity index (χ0v) is 11.5. The first-order valence-corrected chi connectivity index (χ1v) is 6.65. The molecule has 0 aliphatic rings. The molecule has 2 aromatic heterocycles. The molecule has 0 aromatic carbocycles. The van der Waals surface area contributed by atoms with Gasteiger partial charge in [0.05, 0.1) is 17.3 Å². The van der Waals surface area contributed by atoms with Crippen LogP contribution < -0.4 is 5.32 Å². The molecule has 0 saturated carbocycles. The predicted molar refractivity (Wildman–Crippen MR) is 72.6 cm³/mol. The third-order valence-electron chi connectivity index (χ3n) is 2.52. The molecule has 4 nitrogen and oxygen atoms in total. The number of nitrogens with one attached hydrogen (secondary N) is 1.